The van der Waals surface area contributed by atoms with E-state index in [2.05, 4.69) is 34.6 Å². The van der Waals surface area contributed by atoms with Gasteiger partial charge in [-0.05, 0) is 31.6 Å². The van der Waals surface area contributed by atoms with Crippen molar-refractivity contribution in [2.75, 3.05) is 39.6 Å². The first-order valence-corrected chi connectivity index (χ1v) is 39.1. The largest absolute Gasteiger partial charge is 0.472 e. The van der Waals surface area contributed by atoms with Gasteiger partial charge < -0.3 is 33.8 Å². The summed E-state index contributed by atoms with van der Waals surface area (Å²) in [6.45, 7) is 7.24. The normalized spacial score (nSPS) is 14.1. The predicted molar refractivity (Wildman–Crippen MR) is 354 cm³/mol. The number of esters is 4. The standard InChI is InChI=1S/C69H134O17P2/c1-6-9-12-15-18-21-24-25-29-34-38-43-48-53-67(72)80-59-65(86-69(74)55-50-45-40-35-30-27-26-28-31-36-41-46-51-62(4)5)61-84-88(77,78)82-57-63(70)56-81-87(75,76)83-60-64(85-68(73)54-49-44-39-33-23-20-17-14-11-8-3)58-79-66(71)52-47-42-37-32-22-19-16-13-10-7-2/h62-65,70H,6-61H2,1-5H3,(H,75,76)(H,77,78)/t63-,64+,65+/m0/s1. The molecular formula is C69H134O17P2. The van der Waals surface area contributed by atoms with E-state index >= 15 is 0 Å². The Morgan fingerprint density at radius 3 is 0.773 bits per heavy atom. The van der Waals surface area contributed by atoms with E-state index in [4.69, 9.17) is 37.0 Å². The number of carbonyl (C=O) groups is 4. The molecule has 0 aliphatic carbocycles. The smallest absolute Gasteiger partial charge is 0.462 e. The fourth-order valence-corrected chi connectivity index (χ4v) is 12.0. The van der Waals surface area contributed by atoms with E-state index in [9.17, 15) is 43.2 Å². The number of hydrogen-bond donors (Lipinski definition) is 3. The molecule has 3 N–H and O–H groups in total. The van der Waals surface area contributed by atoms with Crippen molar-refractivity contribution in [2.24, 2.45) is 5.92 Å². The number of aliphatic hydroxyl groups excluding tert-OH is 1. The van der Waals surface area contributed by atoms with Crippen molar-refractivity contribution in [3.8, 4) is 0 Å². The molecule has 0 radical (unpaired) electrons. The second-order valence-corrected chi connectivity index (χ2v) is 28.3. The van der Waals surface area contributed by atoms with Gasteiger partial charge in [-0.25, -0.2) is 9.13 Å². The number of phosphoric ester groups is 2. The molecular weight excluding hydrogens is 1160 g/mol. The minimum Gasteiger partial charge on any atom is -0.462 e. The molecule has 0 aromatic rings. The number of phosphoric acid groups is 2. The van der Waals surface area contributed by atoms with E-state index in [-0.39, 0.29) is 25.7 Å². The Labute approximate surface area is 537 Å². The third-order valence-corrected chi connectivity index (χ3v) is 17.9. The lowest BCUT2D eigenvalue weighted by atomic mass is 10.0. The Morgan fingerprint density at radius 1 is 0.307 bits per heavy atom. The van der Waals surface area contributed by atoms with Crippen molar-refractivity contribution in [1.29, 1.82) is 0 Å². The summed E-state index contributed by atoms with van der Waals surface area (Å²) in [5.41, 5.74) is 0. The molecule has 19 heteroatoms. The third kappa shape index (κ3) is 62.8. The zero-order chi connectivity index (χ0) is 64.9. The van der Waals surface area contributed by atoms with Crippen molar-refractivity contribution in [3.63, 3.8) is 0 Å². The predicted octanol–water partition coefficient (Wildman–Crippen LogP) is 19.7. The minimum absolute atomic E-state index is 0.107. The topological polar surface area (TPSA) is 237 Å². The lowest BCUT2D eigenvalue weighted by Crippen LogP contribution is -2.30. The summed E-state index contributed by atoms with van der Waals surface area (Å²) < 4.78 is 68.2. The van der Waals surface area contributed by atoms with E-state index < -0.39 is 97.5 Å². The van der Waals surface area contributed by atoms with Gasteiger partial charge in [0.05, 0.1) is 26.4 Å². The summed E-state index contributed by atoms with van der Waals surface area (Å²) in [7, 11) is -9.89. The number of hydrogen-bond acceptors (Lipinski definition) is 15. The number of carbonyl (C=O) groups excluding carboxylic acids is 4. The summed E-state index contributed by atoms with van der Waals surface area (Å²) in [5, 5.41) is 10.6. The zero-order valence-corrected chi connectivity index (χ0v) is 58.6. The average molecular weight is 1300 g/mol. The van der Waals surface area contributed by atoms with E-state index in [1.807, 2.05) is 0 Å². The molecule has 0 amide bonds. The SMILES string of the molecule is CCCCCCCCCCCCCCCC(=O)OC[C@H](COP(=O)(O)OC[C@@H](O)COP(=O)(O)OC[C@@H](COC(=O)CCCCCCCCCCCC)OC(=O)CCCCCCCCCCCC)OC(=O)CCCCCCCCCCCCCCC(C)C. The van der Waals surface area contributed by atoms with Crippen molar-refractivity contribution in [1.82, 2.24) is 0 Å². The molecule has 0 saturated carbocycles. The van der Waals surface area contributed by atoms with E-state index in [0.717, 1.165) is 95.8 Å². The lowest BCUT2D eigenvalue weighted by molar-refractivity contribution is -0.161. The van der Waals surface area contributed by atoms with Gasteiger partial charge in [0, 0.05) is 25.7 Å². The van der Waals surface area contributed by atoms with Crippen molar-refractivity contribution in [3.05, 3.63) is 0 Å². The highest BCUT2D eigenvalue weighted by Gasteiger charge is 2.30. The van der Waals surface area contributed by atoms with Gasteiger partial charge in [-0.2, -0.15) is 0 Å². The van der Waals surface area contributed by atoms with E-state index in [1.54, 1.807) is 0 Å². The number of aliphatic hydroxyl groups is 1. The van der Waals surface area contributed by atoms with Gasteiger partial charge in [0.1, 0.15) is 19.3 Å². The molecule has 0 bridgehead atoms. The van der Waals surface area contributed by atoms with Crippen molar-refractivity contribution in [2.45, 2.75) is 374 Å². The van der Waals surface area contributed by atoms with Crippen LogP contribution in [0, 0.1) is 5.92 Å². The van der Waals surface area contributed by atoms with Crippen LogP contribution in [0.3, 0.4) is 0 Å². The Hall–Kier alpha value is -1.94. The first-order chi connectivity index (χ1) is 42.5. The van der Waals surface area contributed by atoms with E-state index in [0.29, 0.717) is 25.7 Å². The maximum atomic E-state index is 13.0. The second-order valence-electron chi connectivity index (χ2n) is 25.4. The molecule has 5 atom stereocenters. The van der Waals surface area contributed by atoms with Gasteiger partial charge in [0.2, 0.25) is 0 Å². The Kier molecular flexibility index (Phi) is 61.1. The quantitative estimate of drug-likeness (QED) is 0.0222. The van der Waals surface area contributed by atoms with Crippen LogP contribution in [-0.2, 0) is 65.4 Å². The second kappa shape index (κ2) is 62.5. The lowest BCUT2D eigenvalue weighted by Gasteiger charge is -2.21. The first-order valence-electron chi connectivity index (χ1n) is 36.1. The molecule has 0 rings (SSSR count). The van der Waals surface area contributed by atoms with Gasteiger partial charge in [-0.1, -0.05) is 304 Å². The highest BCUT2D eigenvalue weighted by atomic mass is 31.2. The summed E-state index contributed by atoms with van der Waals surface area (Å²) in [6, 6.07) is 0. The van der Waals surface area contributed by atoms with Crippen LogP contribution in [0.2, 0.25) is 0 Å². The highest BCUT2D eigenvalue weighted by molar-refractivity contribution is 7.47. The Morgan fingerprint density at radius 2 is 0.523 bits per heavy atom. The van der Waals surface area contributed by atoms with E-state index in [1.165, 1.54) is 180 Å². The van der Waals surface area contributed by atoms with Crippen LogP contribution in [0.15, 0.2) is 0 Å². The van der Waals surface area contributed by atoms with Gasteiger partial charge in [0.15, 0.2) is 12.2 Å². The zero-order valence-electron chi connectivity index (χ0n) is 56.9. The van der Waals surface area contributed by atoms with Crippen LogP contribution < -0.4 is 0 Å². The van der Waals surface area contributed by atoms with Gasteiger partial charge in [0.25, 0.3) is 0 Å². The first kappa shape index (κ1) is 86.1. The number of rotatable bonds is 69. The molecule has 0 aliphatic rings. The molecule has 88 heavy (non-hydrogen) atoms. The highest BCUT2D eigenvalue weighted by Crippen LogP contribution is 2.45. The van der Waals surface area contributed by atoms with Crippen LogP contribution >= 0.6 is 15.6 Å². The fraction of sp³-hybridized carbons (Fsp3) is 0.942. The van der Waals surface area contributed by atoms with Crippen LogP contribution in [0.5, 0.6) is 0 Å². The fourth-order valence-electron chi connectivity index (χ4n) is 10.5. The van der Waals surface area contributed by atoms with Gasteiger partial charge in [-0.15, -0.1) is 0 Å². The molecule has 2 unspecified atom stereocenters. The molecule has 0 spiro atoms. The summed E-state index contributed by atoms with van der Waals surface area (Å²) in [5.74, 6) is -1.35. The van der Waals surface area contributed by atoms with Crippen LogP contribution in [0.25, 0.3) is 0 Å². The molecule has 0 aromatic carbocycles. The average Bonchev–Trinajstić information content (AvgIpc) is 3.70. The van der Waals surface area contributed by atoms with Crippen LogP contribution in [-0.4, -0.2) is 96.7 Å². The summed E-state index contributed by atoms with van der Waals surface area (Å²) in [6.07, 6.45) is 48.4. The molecule has 0 aliphatic heterocycles. The van der Waals surface area contributed by atoms with Crippen molar-refractivity contribution < 1.29 is 80.2 Å². The Bertz CT molecular complexity index is 1700. The van der Waals surface area contributed by atoms with Gasteiger partial charge in [-0.3, -0.25) is 37.3 Å². The monoisotopic (exact) mass is 1300 g/mol. The molecule has 17 nitrogen and oxygen atoms in total. The Balaban J connectivity index is 5.23. The number of ether oxygens (including phenoxy) is 4. The van der Waals surface area contributed by atoms with Crippen LogP contribution in [0.1, 0.15) is 356 Å². The molecule has 522 valence electrons. The van der Waals surface area contributed by atoms with Gasteiger partial charge >= 0.3 is 39.5 Å². The van der Waals surface area contributed by atoms with Crippen molar-refractivity contribution >= 4 is 39.5 Å². The molecule has 0 saturated heterocycles. The minimum atomic E-state index is -4.95. The summed E-state index contributed by atoms with van der Waals surface area (Å²) in [4.78, 5) is 72.4. The maximum Gasteiger partial charge on any atom is 0.472 e. The maximum absolute atomic E-state index is 13.0. The number of unbranched alkanes of at least 4 members (excludes halogenated alkanes) is 41. The third-order valence-electron chi connectivity index (χ3n) is 16.0. The molecule has 0 fully saturated rings. The summed E-state index contributed by atoms with van der Waals surface area (Å²) >= 11 is 0. The molecule has 0 aromatic heterocycles. The van der Waals surface area contributed by atoms with Crippen LogP contribution in [0.4, 0.5) is 0 Å². The molecule has 0 heterocycles.